The van der Waals surface area contributed by atoms with Gasteiger partial charge in [0.2, 0.25) is 0 Å². The zero-order chi connectivity index (χ0) is 11.8. The van der Waals surface area contributed by atoms with Crippen LogP contribution in [0.5, 0.6) is 0 Å². The highest BCUT2D eigenvalue weighted by atomic mass is 32.2. The van der Waals surface area contributed by atoms with Crippen molar-refractivity contribution >= 4 is 28.4 Å². The second-order valence-electron chi connectivity index (χ2n) is 3.33. The van der Waals surface area contributed by atoms with Crippen LogP contribution in [0, 0.1) is 13.8 Å². The molecule has 0 aliphatic rings. The lowest BCUT2D eigenvalue weighted by molar-refractivity contribution is 0.482. The lowest BCUT2D eigenvalue weighted by atomic mass is 10.0. The molecule has 3 N–H and O–H groups in total. The van der Waals surface area contributed by atoms with Crippen molar-refractivity contribution in [3.05, 3.63) is 22.8 Å². The van der Waals surface area contributed by atoms with Crippen molar-refractivity contribution in [2.45, 2.75) is 24.5 Å². The van der Waals surface area contributed by atoms with Gasteiger partial charge in [0.15, 0.2) is 0 Å². The van der Waals surface area contributed by atoms with E-state index in [0.29, 0.717) is 22.6 Å². The quantitative estimate of drug-likeness (QED) is 0.421. The second kappa shape index (κ2) is 4.03. The van der Waals surface area contributed by atoms with Gasteiger partial charge < -0.3 is 5.73 Å². The SMILES string of the molecule is Cc1c(CS)cc(S(=O)(=O)O)c(C)c1N. The van der Waals surface area contributed by atoms with Crippen LogP contribution in [-0.2, 0) is 15.9 Å². The van der Waals surface area contributed by atoms with E-state index in [-0.39, 0.29) is 4.90 Å². The van der Waals surface area contributed by atoms with Gasteiger partial charge in [0.1, 0.15) is 0 Å². The highest BCUT2D eigenvalue weighted by Crippen LogP contribution is 2.28. The summed E-state index contributed by atoms with van der Waals surface area (Å²) in [4.78, 5) is -0.144. The predicted molar refractivity (Wildman–Crippen MR) is 62.8 cm³/mol. The van der Waals surface area contributed by atoms with Crippen LogP contribution in [0.2, 0.25) is 0 Å². The molecule has 15 heavy (non-hydrogen) atoms. The molecule has 0 atom stereocenters. The number of hydrogen-bond acceptors (Lipinski definition) is 4. The third kappa shape index (κ3) is 2.27. The van der Waals surface area contributed by atoms with E-state index in [4.69, 9.17) is 10.3 Å². The van der Waals surface area contributed by atoms with Gasteiger partial charge in [0, 0.05) is 11.4 Å². The first-order chi connectivity index (χ1) is 6.79. The molecular formula is C9H13NO3S2. The molecule has 0 aliphatic carbocycles. The third-order valence-corrected chi connectivity index (χ3v) is 3.73. The Morgan fingerprint density at radius 2 is 1.93 bits per heavy atom. The molecule has 0 saturated heterocycles. The van der Waals surface area contributed by atoms with E-state index >= 15 is 0 Å². The fraction of sp³-hybridized carbons (Fsp3) is 0.333. The van der Waals surface area contributed by atoms with E-state index in [1.165, 1.54) is 6.07 Å². The van der Waals surface area contributed by atoms with Gasteiger partial charge in [-0.25, -0.2) is 0 Å². The Balaban J connectivity index is 3.64. The molecule has 1 rings (SSSR count). The normalized spacial score (nSPS) is 11.7. The Morgan fingerprint density at radius 3 is 2.33 bits per heavy atom. The van der Waals surface area contributed by atoms with Gasteiger partial charge in [-0.2, -0.15) is 21.0 Å². The molecule has 0 bridgehead atoms. The van der Waals surface area contributed by atoms with Crippen LogP contribution in [0.1, 0.15) is 16.7 Å². The predicted octanol–water partition coefficient (Wildman–Crippen LogP) is 1.56. The summed E-state index contributed by atoms with van der Waals surface area (Å²) in [6, 6.07) is 1.41. The van der Waals surface area contributed by atoms with Gasteiger partial charge in [-0.1, -0.05) is 0 Å². The Kier molecular flexibility index (Phi) is 3.32. The van der Waals surface area contributed by atoms with Crippen molar-refractivity contribution in [2.24, 2.45) is 0 Å². The summed E-state index contributed by atoms with van der Waals surface area (Å²) in [7, 11) is -4.22. The van der Waals surface area contributed by atoms with Gasteiger partial charge in [-0.3, -0.25) is 4.55 Å². The maximum atomic E-state index is 11.1. The molecule has 84 valence electrons. The first-order valence-corrected chi connectivity index (χ1v) is 6.33. The third-order valence-electron chi connectivity index (χ3n) is 2.41. The molecule has 1 aromatic rings. The van der Waals surface area contributed by atoms with Crippen molar-refractivity contribution < 1.29 is 13.0 Å². The molecule has 6 heteroatoms. The maximum absolute atomic E-state index is 11.1. The average Bonchev–Trinajstić information content (AvgIpc) is 2.13. The molecule has 0 heterocycles. The van der Waals surface area contributed by atoms with E-state index in [1.54, 1.807) is 13.8 Å². The van der Waals surface area contributed by atoms with E-state index < -0.39 is 10.1 Å². The first-order valence-electron chi connectivity index (χ1n) is 4.26. The maximum Gasteiger partial charge on any atom is 0.294 e. The Labute approximate surface area is 94.6 Å². The zero-order valence-electron chi connectivity index (χ0n) is 8.48. The average molecular weight is 247 g/mol. The van der Waals surface area contributed by atoms with E-state index in [2.05, 4.69) is 12.6 Å². The lowest BCUT2D eigenvalue weighted by Gasteiger charge is -2.12. The fourth-order valence-corrected chi connectivity index (χ4v) is 2.51. The molecule has 1 aromatic carbocycles. The van der Waals surface area contributed by atoms with Crippen molar-refractivity contribution in [2.75, 3.05) is 5.73 Å². The summed E-state index contributed by atoms with van der Waals surface area (Å²) >= 11 is 4.07. The number of nitrogen functional groups attached to an aromatic ring is 1. The highest BCUT2D eigenvalue weighted by molar-refractivity contribution is 7.86. The van der Waals surface area contributed by atoms with E-state index in [0.717, 1.165) is 5.56 Å². The summed E-state index contributed by atoms with van der Waals surface area (Å²) in [5, 5.41) is 0. The van der Waals surface area contributed by atoms with Gasteiger partial charge in [0.25, 0.3) is 10.1 Å². The molecule has 0 aromatic heterocycles. The van der Waals surface area contributed by atoms with Crippen molar-refractivity contribution in [1.29, 1.82) is 0 Å². The van der Waals surface area contributed by atoms with Crippen LogP contribution in [0.25, 0.3) is 0 Å². The highest BCUT2D eigenvalue weighted by Gasteiger charge is 2.18. The minimum atomic E-state index is -4.22. The first kappa shape index (κ1) is 12.4. The number of nitrogens with two attached hydrogens (primary N) is 1. The van der Waals surface area contributed by atoms with Crippen molar-refractivity contribution in [1.82, 2.24) is 0 Å². The molecule has 0 radical (unpaired) electrons. The number of benzene rings is 1. The smallest absolute Gasteiger partial charge is 0.294 e. The largest absolute Gasteiger partial charge is 0.398 e. The van der Waals surface area contributed by atoms with Gasteiger partial charge in [-0.15, -0.1) is 0 Å². The molecule has 4 nitrogen and oxygen atoms in total. The number of rotatable bonds is 2. The summed E-state index contributed by atoms with van der Waals surface area (Å²) in [5.41, 5.74) is 8.01. The van der Waals surface area contributed by atoms with Crippen LogP contribution >= 0.6 is 12.6 Å². The number of hydrogen-bond donors (Lipinski definition) is 3. The van der Waals surface area contributed by atoms with Crippen LogP contribution < -0.4 is 5.73 Å². The molecular weight excluding hydrogens is 234 g/mol. The Morgan fingerprint density at radius 1 is 1.40 bits per heavy atom. The molecule has 0 fully saturated rings. The van der Waals surface area contributed by atoms with E-state index in [1.807, 2.05) is 0 Å². The molecule has 0 unspecified atom stereocenters. The fourth-order valence-electron chi connectivity index (χ4n) is 1.39. The summed E-state index contributed by atoms with van der Waals surface area (Å²) < 4.78 is 31.1. The lowest BCUT2D eigenvalue weighted by Crippen LogP contribution is -2.07. The number of anilines is 1. The molecule has 0 aliphatic heterocycles. The summed E-state index contributed by atoms with van der Waals surface area (Å²) in [5.74, 6) is 0.374. The van der Waals surface area contributed by atoms with Crippen molar-refractivity contribution in [3.63, 3.8) is 0 Å². The van der Waals surface area contributed by atoms with Gasteiger partial charge in [0.05, 0.1) is 4.90 Å². The molecule has 0 amide bonds. The standard InChI is InChI=1S/C9H13NO3S2/c1-5-7(4-14)3-8(15(11,12)13)6(2)9(5)10/h3,14H,4,10H2,1-2H3,(H,11,12,13). The van der Waals surface area contributed by atoms with Crippen LogP contribution in [0.4, 0.5) is 5.69 Å². The Bertz CT molecular complexity index is 495. The minimum absolute atomic E-state index is 0.144. The topological polar surface area (TPSA) is 80.4 Å². The van der Waals surface area contributed by atoms with Crippen LogP contribution in [0.3, 0.4) is 0 Å². The zero-order valence-corrected chi connectivity index (χ0v) is 10.2. The van der Waals surface area contributed by atoms with Crippen molar-refractivity contribution in [3.8, 4) is 0 Å². The summed E-state index contributed by atoms with van der Waals surface area (Å²) in [6.07, 6.45) is 0. The van der Waals surface area contributed by atoms with E-state index in [9.17, 15) is 8.42 Å². The second-order valence-corrected chi connectivity index (χ2v) is 5.04. The monoisotopic (exact) mass is 247 g/mol. The van der Waals surface area contributed by atoms with Crippen LogP contribution in [-0.4, -0.2) is 13.0 Å². The van der Waals surface area contributed by atoms with Gasteiger partial charge in [-0.05, 0) is 36.6 Å². The minimum Gasteiger partial charge on any atom is -0.398 e. The summed E-state index contributed by atoms with van der Waals surface area (Å²) in [6.45, 7) is 3.36. The Hall–Kier alpha value is -0.720. The number of thiol groups is 1. The van der Waals surface area contributed by atoms with Gasteiger partial charge >= 0.3 is 0 Å². The van der Waals surface area contributed by atoms with Crippen LogP contribution in [0.15, 0.2) is 11.0 Å². The molecule has 0 saturated carbocycles. The molecule has 0 spiro atoms.